The van der Waals surface area contributed by atoms with Gasteiger partial charge in [-0.2, -0.15) is 5.10 Å². The van der Waals surface area contributed by atoms with E-state index in [-0.39, 0.29) is 11.2 Å². The fourth-order valence-electron chi connectivity index (χ4n) is 4.70. The van der Waals surface area contributed by atoms with Crippen LogP contribution in [0.5, 0.6) is 5.75 Å². The van der Waals surface area contributed by atoms with Crippen LogP contribution in [0.2, 0.25) is 0 Å². The van der Waals surface area contributed by atoms with E-state index in [1.165, 1.54) is 15.7 Å². The number of benzene rings is 1. The van der Waals surface area contributed by atoms with E-state index in [0.29, 0.717) is 37.6 Å². The highest BCUT2D eigenvalue weighted by Gasteiger charge is 2.31. The Bertz CT molecular complexity index is 1150. The lowest BCUT2D eigenvalue weighted by Gasteiger charge is -2.24. The molecule has 40 heavy (non-hydrogen) atoms. The predicted octanol–water partition coefficient (Wildman–Crippen LogP) is 6.24. The van der Waals surface area contributed by atoms with Gasteiger partial charge in [0.25, 0.3) is 5.56 Å². The van der Waals surface area contributed by atoms with Crippen molar-refractivity contribution in [3.8, 4) is 5.75 Å². The van der Waals surface area contributed by atoms with Gasteiger partial charge in [0.2, 0.25) is 0 Å². The van der Waals surface area contributed by atoms with Gasteiger partial charge in [0.1, 0.15) is 11.4 Å². The molecule has 0 aliphatic rings. The Morgan fingerprint density at radius 2 is 1.50 bits per heavy atom. The molecule has 0 N–H and O–H groups in total. The highest BCUT2D eigenvalue weighted by molar-refractivity contribution is 5.79. The molecule has 0 saturated heterocycles. The Morgan fingerprint density at radius 1 is 0.850 bits per heavy atom. The number of rotatable bonds is 20. The molecule has 0 bridgehead atoms. The number of ether oxygens (including phenoxy) is 2. The number of esters is 1. The van der Waals surface area contributed by atoms with Gasteiger partial charge in [-0.25, -0.2) is 14.3 Å². The van der Waals surface area contributed by atoms with E-state index in [4.69, 9.17) is 9.47 Å². The number of nitrogens with zero attached hydrogens (tertiary/aromatic N) is 3. The van der Waals surface area contributed by atoms with Crippen LogP contribution in [0.25, 0.3) is 0 Å². The zero-order valence-electron chi connectivity index (χ0n) is 25.5. The molecule has 1 aromatic carbocycles. The van der Waals surface area contributed by atoms with E-state index in [1.54, 1.807) is 20.8 Å². The number of carbonyl (C=O) groups is 1. The van der Waals surface area contributed by atoms with E-state index in [9.17, 15) is 14.4 Å². The van der Waals surface area contributed by atoms with Crippen LogP contribution in [0.1, 0.15) is 117 Å². The van der Waals surface area contributed by atoms with Crippen molar-refractivity contribution in [1.82, 2.24) is 14.3 Å². The smallest absolute Gasteiger partial charge is 0.349 e. The highest BCUT2D eigenvalue weighted by atomic mass is 16.6. The summed E-state index contributed by atoms with van der Waals surface area (Å²) in [6.45, 7) is 10.8. The maximum Gasteiger partial charge on any atom is 0.349 e. The Hall–Kier alpha value is -2.90. The number of unbranched alkanes of at least 4 members (excludes halogenated alkanes) is 8. The van der Waals surface area contributed by atoms with Crippen LogP contribution in [-0.2, 0) is 35.5 Å². The molecule has 0 amide bonds. The molecule has 0 atom stereocenters. The second-order valence-electron chi connectivity index (χ2n) is 11.1. The molecule has 8 nitrogen and oxygen atoms in total. The summed E-state index contributed by atoms with van der Waals surface area (Å²) in [5.74, 6) is 0.220. The molecule has 0 aliphatic heterocycles. The van der Waals surface area contributed by atoms with E-state index in [0.717, 1.165) is 76.2 Å². The summed E-state index contributed by atoms with van der Waals surface area (Å²) in [7, 11) is 0. The number of aryl methyl sites for hydroxylation is 3. The summed E-state index contributed by atoms with van der Waals surface area (Å²) in [4.78, 5) is 38.5. The quantitative estimate of drug-likeness (QED) is 0.141. The minimum Gasteiger partial charge on any atom is -0.476 e. The molecular formula is C32H51N3O5. The van der Waals surface area contributed by atoms with Gasteiger partial charge in [0.15, 0.2) is 5.60 Å². The molecule has 2 aromatic rings. The zero-order valence-corrected chi connectivity index (χ0v) is 25.5. The first-order chi connectivity index (χ1) is 19.2. The lowest BCUT2D eigenvalue weighted by atomic mass is 10.1. The van der Waals surface area contributed by atoms with Crippen LogP contribution in [0, 0.1) is 0 Å². The Kier molecular flexibility index (Phi) is 14.8. The Morgan fingerprint density at radius 3 is 2.20 bits per heavy atom. The van der Waals surface area contributed by atoms with E-state index in [1.807, 2.05) is 24.3 Å². The summed E-state index contributed by atoms with van der Waals surface area (Å²) in [6.07, 6.45) is 12.6. The fraction of sp³-hybridized carbons (Fsp3) is 0.688. The fourth-order valence-corrected chi connectivity index (χ4v) is 4.70. The molecule has 1 aromatic heterocycles. The average Bonchev–Trinajstić information content (AvgIpc) is 2.92. The van der Waals surface area contributed by atoms with Crippen LogP contribution in [0.15, 0.2) is 33.9 Å². The molecule has 1 heterocycles. The van der Waals surface area contributed by atoms with Gasteiger partial charge in [0.05, 0.1) is 6.61 Å². The third kappa shape index (κ3) is 10.9. The van der Waals surface area contributed by atoms with Crippen LogP contribution >= 0.6 is 0 Å². The number of hydrogen-bond donors (Lipinski definition) is 0. The lowest BCUT2D eigenvalue weighted by molar-refractivity contribution is -0.158. The van der Waals surface area contributed by atoms with Crippen LogP contribution < -0.4 is 16.0 Å². The molecule has 0 radical (unpaired) electrons. The van der Waals surface area contributed by atoms with Gasteiger partial charge < -0.3 is 9.47 Å². The second kappa shape index (κ2) is 17.7. The van der Waals surface area contributed by atoms with Crippen molar-refractivity contribution in [1.29, 1.82) is 0 Å². The predicted molar refractivity (Wildman–Crippen MR) is 160 cm³/mol. The van der Waals surface area contributed by atoms with Crippen LogP contribution in [0.4, 0.5) is 0 Å². The van der Waals surface area contributed by atoms with Crippen molar-refractivity contribution in [2.75, 3.05) is 6.61 Å². The standard InChI is InChI=1S/C32H51N3O5/c1-6-9-11-13-16-23-34-29(36)28(22-14-12-10-7-2)33-35(31(34)38)24-17-15-19-26-20-18-21-27(25-26)40-32(4,5)30(37)39-8-3/h18,20-21,25H,6-17,19,22-24H2,1-5H3. The highest BCUT2D eigenvalue weighted by Crippen LogP contribution is 2.22. The van der Waals surface area contributed by atoms with Gasteiger partial charge in [-0.15, -0.1) is 0 Å². The van der Waals surface area contributed by atoms with E-state index >= 15 is 0 Å². The number of aromatic nitrogens is 3. The molecule has 0 spiro atoms. The van der Waals surface area contributed by atoms with Crippen molar-refractivity contribution >= 4 is 5.97 Å². The van der Waals surface area contributed by atoms with Gasteiger partial charge in [-0.1, -0.05) is 70.9 Å². The summed E-state index contributed by atoms with van der Waals surface area (Å²) in [6, 6.07) is 7.72. The normalized spacial score (nSPS) is 11.5. The summed E-state index contributed by atoms with van der Waals surface area (Å²) in [5.41, 5.74) is 0.0177. The molecule has 2 rings (SSSR count). The first-order valence-corrected chi connectivity index (χ1v) is 15.4. The molecule has 8 heteroatoms. The first kappa shape index (κ1) is 33.3. The van der Waals surface area contributed by atoms with Crippen molar-refractivity contribution in [3.05, 3.63) is 56.4 Å². The SMILES string of the molecule is CCCCCCCn1c(=O)c(CCCCCC)nn(CCCCc2cccc(OC(C)(C)C(=O)OCC)c2)c1=O. The minimum atomic E-state index is -1.07. The van der Waals surface area contributed by atoms with E-state index < -0.39 is 11.6 Å². The summed E-state index contributed by atoms with van der Waals surface area (Å²) in [5, 5.41) is 4.53. The molecule has 0 unspecified atom stereocenters. The molecule has 0 aliphatic carbocycles. The van der Waals surface area contributed by atoms with Gasteiger partial charge >= 0.3 is 11.7 Å². The Balaban J connectivity index is 2.04. The topological polar surface area (TPSA) is 92.4 Å². The van der Waals surface area contributed by atoms with Crippen molar-refractivity contribution in [2.24, 2.45) is 0 Å². The number of hydrogen-bond acceptors (Lipinski definition) is 6. The first-order valence-electron chi connectivity index (χ1n) is 15.4. The van der Waals surface area contributed by atoms with Crippen molar-refractivity contribution in [2.45, 2.75) is 137 Å². The molecule has 0 saturated carbocycles. The minimum absolute atomic E-state index is 0.212. The maximum absolute atomic E-state index is 13.2. The maximum atomic E-state index is 13.2. The third-order valence-electron chi connectivity index (χ3n) is 7.06. The van der Waals surface area contributed by atoms with Gasteiger partial charge in [-0.05, 0) is 77.0 Å². The molecule has 224 valence electrons. The van der Waals surface area contributed by atoms with Gasteiger partial charge in [0, 0.05) is 13.1 Å². The average molecular weight is 558 g/mol. The monoisotopic (exact) mass is 557 g/mol. The van der Waals surface area contributed by atoms with Crippen LogP contribution in [-0.4, -0.2) is 32.5 Å². The van der Waals surface area contributed by atoms with Crippen molar-refractivity contribution < 1.29 is 14.3 Å². The Labute approximate surface area is 240 Å². The summed E-state index contributed by atoms with van der Waals surface area (Å²) >= 11 is 0. The second-order valence-corrected chi connectivity index (χ2v) is 11.1. The van der Waals surface area contributed by atoms with E-state index in [2.05, 4.69) is 18.9 Å². The van der Waals surface area contributed by atoms with Crippen molar-refractivity contribution in [3.63, 3.8) is 0 Å². The largest absolute Gasteiger partial charge is 0.476 e. The summed E-state index contributed by atoms with van der Waals surface area (Å²) < 4.78 is 14.0. The number of carbonyl (C=O) groups excluding carboxylic acids is 1. The lowest BCUT2D eigenvalue weighted by Crippen LogP contribution is -2.43. The zero-order chi connectivity index (χ0) is 29.4. The molecule has 0 fully saturated rings. The third-order valence-corrected chi connectivity index (χ3v) is 7.06. The molecular weight excluding hydrogens is 506 g/mol. The van der Waals surface area contributed by atoms with Crippen LogP contribution in [0.3, 0.4) is 0 Å². The van der Waals surface area contributed by atoms with Gasteiger partial charge in [-0.3, -0.25) is 9.36 Å².